The summed E-state index contributed by atoms with van der Waals surface area (Å²) < 4.78 is 10.6. The maximum absolute atomic E-state index is 11.0. The molecule has 16 heavy (non-hydrogen) atoms. The van der Waals surface area contributed by atoms with Crippen molar-refractivity contribution < 1.29 is 29.3 Å². The number of carboxylic acid groups (broad SMARTS) is 2. The van der Waals surface area contributed by atoms with E-state index in [0.717, 1.165) is 0 Å². The minimum Gasteiger partial charge on any atom is -0.480 e. The minimum atomic E-state index is -1.98. The van der Waals surface area contributed by atoms with Crippen LogP contribution in [0.5, 0.6) is 0 Å². The van der Waals surface area contributed by atoms with Gasteiger partial charge < -0.3 is 19.7 Å². The van der Waals surface area contributed by atoms with Gasteiger partial charge in [-0.1, -0.05) is 13.8 Å². The number of carbonyl (C=O) groups is 2. The zero-order chi connectivity index (χ0) is 12.4. The molecule has 1 rings (SSSR count). The predicted molar refractivity (Wildman–Crippen MR) is 52.9 cm³/mol. The molecule has 0 saturated carbocycles. The number of aliphatic carboxylic acids is 2. The Hall–Kier alpha value is -1.14. The van der Waals surface area contributed by atoms with E-state index < -0.39 is 23.1 Å². The molecule has 1 aliphatic rings. The molecule has 1 saturated heterocycles. The van der Waals surface area contributed by atoms with Crippen LogP contribution >= 0.6 is 0 Å². The largest absolute Gasteiger partial charge is 0.480 e. The summed E-state index contributed by atoms with van der Waals surface area (Å²) in [5.41, 5.74) is -1.98. The van der Waals surface area contributed by atoms with Gasteiger partial charge in [0.05, 0.1) is 13.2 Å². The first-order chi connectivity index (χ1) is 7.42. The van der Waals surface area contributed by atoms with Crippen LogP contribution in [-0.4, -0.2) is 41.2 Å². The molecule has 0 amide bonds. The Bertz CT molecular complexity index is 268. The SMILES string of the molecule is CCC1(CC)OCC(C(=O)O)(C(=O)O)CO1. The fraction of sp³-hybridized carbons (Fsp3) is 0.800. The van der Waals surface area contributed by atoms with Gasteiger partial charge in [-0.25, -0.2) is 0 Å². The molecule has 0 aromatic rings. The van der Waals surface area contributed by atoms with Gasteiger partial charge in [-0.05, 0) is 12.8 Å². The van der Waals surface area contributed by atoms with Crippen LogP contribution in [0.3, 0.4) is 0 Å². The van der Waals surface area contributed by atoms with Crippen molar-refractivity contribution in [2.45, 2.75) is 32.5 Å². The molecule has 0 aromatic carbocycles. The summed E-state index contributed by atoms with van der Waals surface area (Å²) in [5, 5.41) is 17.9. The van der Waals surface area contributed by atoms with Crippen LogP contribution in [0.1, 0.15) is 26.7 Å². The lowest BCUT2D eigenvalue weighted by atomic mass is 9.88. The van der Waals surface area contributed by atoms with E-state index in [-0.39, 0.29) is 13.2 Å². The highest BCUT2D eigenvalue weighted by Crippen LogP contribution is 2.34. The molecule has 1 fully saturated rings. The summed E-state index contributed by atoms with van der Waals surface area (Å²) in [4.78, 5) is 21.9. The van der Waals surface area contributed by atoms with E-state index in [1.54, 1.807) is 0 Å². The summed E-state index contributed by atoms with van der Waals surface area (Å²) in [6, 6.07) is 0. The summed E-state index contributed by atoms with van der Waals surface area (Å²) in [6.45, 7) is 2.97. The van der Waals surface area contributed by atoms with Crippen molar-refractivity contribution in [1.29, 1.82) is 0 Å². The van der Waals surface area contributed by atoms with E-state index in [0.29, 0.717) is 12.8 Å². The molecule has 0 radical (unpaired) electrons. The van der Waals surface area contributed by atoms with Crippen molar-refractivity contribution in [3.63, 3.8) is 0 Å². The van der Waals surface area contributed by atoms with Crippen molar-refractivity contribution in [1.82, 2.24) is 0 Å². The maximum atomic E-state index is 11.0. The average molecular weight is 232 g/mol. The molecule has 1 aliphatic heterocycles. The highest BCUT2D eigenvalue weighted by Gasteiger charge is 2.53. The third-order valence-corrected chi connectivity index (χ3v) is 3.06. The molecule has 0 spiro atoms. The smallest absolute Gasteiger partial charge is 0.325 e. The first kappa shape index (κ1) is 12.9. The first-order valence-corrected chi connectivity index (χ1v) is 5.17. The second kappa shape index (κ2) is 4.39. The molecular formula is C10H16O6. The molecule has 0 bridgehead atoms. The van der Waals surface area contributed by atoms with Crippen LogP contribution in [0.25, 0.3) is 0 Å². The van der Waals surface area contributed by atoms with Gasteiger partial charge in [0, 0.05) is 0 Å². The molecule has 92 valence electrons. The van der Waals surface area contributed by atoms with Gasteiger partial charge in [-0.15, -0.1) is 0 Å². The topological polar surface area (TPSA) is 93.1 Å². The van der Waals surface area contributed by atoms with Crippen LogP contribution in [0.2, 0.25) is 0 Å². The van der Waals surface area contributed by atoms with Crippen LogP contribution in [0.4, 0.5) is 0 Å². The third-order valence-electron chi connectivity index (χ3n) is 3.06. The van der Waals surface area contributed by atoms with Gasteiger partial charge in [0.15, 0.2) is 5.79 Å². The fourth-order valence-corrected chi connectivity index (χ4v) is 1.59. The number of hydrogen-bond donors (Lipinski definition) is 2. The van der Waals surface area contributed by atoms with Crippen molar-refractivity contribution in [3.05, 3.63) is 0 Å². The Balaban J connectivity index is 2.86. The summed E-state index contributed by atoms with van der Waals surface area (Å²) in [5.74, 6) is -3.70. The molecule has 0 aliphatic carbocycles. The Labute approximate surface area is 93.2 Å². The van der Waals surface area contributed by atoms with Crippen molar-refractivity contribution in [2.24, 2.45) is 5.41 Å². The quantitative estimate of drug-likeness (QED) is 0.693. The maximum Gasteiger partial charge on any atom is 0.325 e. The van der Waals surface area contributed by atoms with Crippen LogP contribution in [0, 0.1) is 5.41 Å². The molecule has 1 heterocycles. The molecule has 0 aromatic heterocycles. The molecule has 6 nitrogen and oxygen atoms in total. The molecule has 6 heteroatoms. The van der Waals surface area contributed by atoms with E-state index in [4.69, 9.17) is 19.7 Å². The van der Waals surface area contributed by atoms with Gasteiger partial charge in [0.1, 0.15) is 0 Å². The van der Waals surface area contributed by atoms with E-state index in [1.165, 1.54) is 0 Å². The van der Waals surface area contributed by atoms with E-state index >= 15 is 0 Å². The van der Waals surface area contributed by atoms with Crippen molar-refractivity contribution in [2.75, 3.05) is 13.2 Å². The normalized spacial score (nSPS) is 22.6. The van der Waals surface area contributed by atoms with E-state index in [1.807, 2.05) is 13.8 Å². The second-order valence-corrected chi connectivity index (χ2v) is 3.89. The van der Waals surface area contributed by atoms with Gasteiger partial charge >= 0.3 is 11.9 Å². The lowest BCUT2D eigenvalue weighted by Crippen LogP contribution is -2.56. The predicted octanol–water partition coefficient (Wildman–Crippen LogP) is 0.705. The second-order valence-electron chi connectivity index (χ2n) is 3.89. The number of hydrogen-bond acceptors (Lipinski definition) is 4. The van der Waals surface area contributed by atoms with Gasteiger partial charge in [-0.2, -0.15) is 0 Å². The Morgan fingerprint density at radius 2 is 1.44 bits per heavy atom. The first-order valence-electron chi connectivity index (χ1n) is 5.17. The Morgan fingerprint density at radius 3 is 1.69 bits per heavy atom. The highest BCUT2D eigenvalue weighted by molar-refractivity contribution is 5.98. The standard InChI is InChI=1S/C10H16O6/c1-3-10(4-2)15-5-9(6-16-10,7(11)12)8(13)14/h3-6H2,1-2H3,(H,11,12)(H,13,14). The van der Waals surface area contributed by atoms with Gasteiger partial charge in [-0.3, -0.25) is 9.59 Å². The van der Waals surface area contributed by atoms with Crippen LogP contribution < -0.4 is 0 Å². The molecule has 0 atom stereocenters. The zero-order valence-corrected chi connectivity index (χ0v) is 9.36. The molecular weight excluding hydrogens is 216 g/mol. The fourth-order valence-electron chi connectivity index (χ4n) is 1.59. The number of rotatable bonds is 4. The number of ether oxygens (including phenoxy) is 2. The molecule has 2 N–H and O–H groups in total. The lowest BCUT2D eigenvalue weighted by Gasteiger charge is -2.41. The van der Waals surface area contributed by atoms with Gasteiger partial charge in [0.25, 0.3) is 0 Å². The summed E-state index contributed by atoms with van der Waals surface area (Å²) in [6.07, 6.45) is 1.11. The Kier molecular flexibility index (Phi) is 3.54. The average Bonchev–Trinajstić information content (AvgIpc) is 2.28. The molecule has 0 unspecified atom stereocenters. The third kappa shape index (κ3) is 1.90. The summed E-state index contributed by atoms with van der Waals surface area (Å²) >= 11 is 0. The zero-order valence-electron chi connectivity index (χ0n) is 9.36. The van der Waals surface area contributed by atoms with Crippen LogP contribution in [0.15, 0.2) is 0 Å². The monoisotopic (exact) mass is 232 g/mol. The summed E-state index contributed by atoms with van der Waals surface area (Å²) in [7, 11) is 0. The number of carboxylic acids is 2. The van der Waals surface area contributed by atoms with Crippen LogP contribution in [-0.2, 0) is 19.1 Å². The minimum absolute atomic E-state index is 0.362. The highest BCUT2D eigenvalue weighted by atomic mass is 16.7. The Morgan fingerprint density at radius 1 is 1.06 bits per heavy atom. The van der Waals surface area contributed by atoms with E-state index in [2.05, 4.69) is 0 Å². The lowest BCUT2D eigenvalue weighted by molar-refractivity contribution is -0.300. The van der Waals surface area contributed by atoms with E-state index in [9.17, 15) is 9.59 Å². The van der Waals surface area contributed by atoms with Gasteiger partial charge in [0.2, 0.25) is 5.41 Å². The van der Waals surface area contributed by atoms with Crippen molar-refractivity contribution >= 4 is 11.9 Å². The van der Waals surface area contributed by atoms with Crippen molar-refractivity contribution in [3.8, 4) is 0 Å².